The van der Waals surface area contributed by atoms with Crippen LogP contribution < -0.4 is 0 Å². The van der Waals surface area contributed by atoms with Crippen LogP contribution in [0.2, 0.25) is 0 Å². The first-order valence-corrected chi connectivity index (χ1v) is 5.52. The highest BCUT2D eigenvalue weighted by Gasteiger charge is 2.06. The van der Waals surface area contributed by atoms with Crippen LogP contribution in [-0.4, -0.2) is 12.2 Å². The van der Waals surface area contributed by atoms with Gasteiger partial charge in [0, 0.05) is 16.3 Å². The van der Waals surface area contributed by atoms with Gasteiger partial charge >= 0.3 is 0 Å². The Morgan fingerprint density at radius 2 is 2.38 bits per heavy atom. The van der Waals surface area contributed by atoms with Crippen LogP contribution in [0.25, 0.3) is 5.03 Å². The normalized spacial score (nSPS) is 12.5. The molecule has 0 aliphatic carbocycles. The summed E-state index contributed by atoms with van der Waals surface area (Å²) in [5.74, 6) is 0.412. The molecule has 0 saturated heterocycles. The van der Waals surface area contributed by atoms with Gasteiger partial charge in [0.15, 0.2) is 0 Å². The van der Waals surface area contributed by atoms with Crippen molar-refractivity contribution >= 4 is 45.9 Å². The van der Waals surface area contributed by atoms with Gasteiger partial charge in [-0.2, -0.15) is 0 Å². The van der Waals surface area contributed by atoms with Crippen molar-refractivity contribution in [1.82, 2.24) is 0 Å². The Labute approximate surface area is 91.0 Å². The molecule has 0 bridgehead atoms. The predicted molar refractivity (Wildman–Crippen MR) is 58.5 cm³/mol. The van der Waals surface area contributed by atoms with E-state index in [0.717, 1.165) is 11.2 Å². The Morgan fingerprint density at radius 3 is 2.85 bits per heavy atom. The van der Waals surface area contributed by atoms with E-state index in [-0.39, 0.29) is 0 Å². The van der Waals surface area contributed by atoms with Crippen LogP contribution in [0.3, 0.4) is 0 Å². The van der Waals surface area contributed by atoms with Crippen molar-refractivity contribution in [3.05, 3.63) is 28.0 Å². The lowest BCUT2D eigenvalue weighted by Crippen LogP contribution is -1.88. The van der Waals surface area contributed by atoms with E-state index in [1.165, 1.54) is 11.3 Å². The molecule has 4 heteroatoms. The Hall–Kier alpha value is -0.310. The fourth-order valence-electron chi connectivity index (χ4n) is 0.884. The van der Waals surface area contributed by atoms with E-state index in [2.05, 4.69) is 0 Å². The largest absolute Gasteiger partial charge is 0.298 e. The van der Waals surface area contributed by atoms with Crippen molar-refractivity contribution in [3.63, 3.8) is 0 Å². The molecule has 0 aromatic carbocycles. The molecule has 0 N–H and O–H groups in total. The molecule has 1 rings (SSSR count). The lowest BCUT2D eigenvalue weighted by atomic mass is 10.2. The van der Waals surface area contributed by atoms with Crippen LogP contribution in [0.1, 0.15) is 11.3 Å². The first-order valence-electron chi connectivity index (χ1n) is 3.73. The van der Waals surface area contributed by atoms with Crippen molar-refractivity contribution in [2.75, 3.05) is 5.88 Å². The monoisotopic (exact) mass is 234 g/mol. The van der Waals surface area contributed by atoms with Gasteiger partial charge in [0.25, 0.3) is 0 Å². The Balaban J connectivity index is 2.94. The summed E-state index contributed by atoms with van der Waals surface area (Å²) in [5, 5.41) is 2.44. The highest BCUT2D eigenvalue weighted by Crippen LogP contribution is 2.27. The second-order valence-electron chi connectivity index (χ2n) is 2.37. The molecule has 0 aliphatic rings. The van der Waals surface area contributed by atoms with Gasteiger partial charge in [-0.15, -0.1) is 22.9 Å². The summed E-state index contributed by atoms with van der Waals surface area (Å²) < 4.78 is 0. The molecule has 0 amide bonds. The van der Waals surface area contributed by atoms with E-state index in [0.29, 0.717) is 22.9 Å². The smallest absolute Gasteiger partial charge is 0.147 e. The number of carbonyl (C=O) groups excluding carboxylic acids is 1. The maximum absolute atomic E-state index is 10.6. The maximum Gasteiger partial charge on any atom is 0.147 e. The Morgan fingerprint density at radius 1 is 1.62 bits per heavy atom. The van der Waals surface area contributed by atoms with Gasteiger partial charge in [-0.05, 0) is 17.9 Å². The van der Waals surface area contributed by atoms with E-state index in [9.17, 15) is 4.79 Å². The highest BCUT2D eigenvalue weighted by molar-refractivity contribution is 7.12. The highest BCUT2D eigenvalue weighted by atomic mass is 35.5. The fourth-order valence-corrected chi connectivity index (χ4v) is 2.12. The lowest BCUT2D eigenvalue weighted by molar-refractivity contribution is -0.104. The predicted octanol–water partition coefficient (Wildman–Crippen LogP) is 3.53. The van der Waals surface area contributed by atoms with Crippen LogP contribution in [0.15, 0.2) is 23.1 Å². The number of hydrogen-bond donors (Lipinski definition) is 0. The van der Waals surface area contributed by atoms with Crippen LogP contribution in [0.5, 0.6) is 0 Å². The van der Waals surface area contributed by atoms with Crippen LogP contribution in [0.4, 0.5) is 0 Å². The van der Waals surface area contributed by atoms with Crippen LogP contribution in [-0.2, 0) is 4.79 Å². The first kappa shape index (κ1) is 10.8. The summed E-state index contributed by atoms with van der Waals surface area (Å²) in [7, 11) is 0. The van der Waals surface area contributed by atoms with Crippen molar-refractivity contribution < 1.29 is 4.79 Å². The first-order chi connectivity index (χ1) is 6.29. The molecule has 70 valence electrons. The number of rotatable bonds is 4. The van der Waals surface area contributed by atoms with Crippen molar-refractivity contribution in [3.8, 4) is 0 Å². The summed E-state index contributed by atoms with van der Waals surface area (Å²) in [4.78, 5) is 11.5. The number of aldehydes is 1. The topological polar surface area (TPSA) is 17.1 Å². The summed E-state index contributed by atoms with van der Waals surface area (Å²) in [5.41, 5.74) is 0.569. The molecule has 0 atom stereocenters. The summed E-state index contributed by atoms with van der Waals surface area (Å²) in [6.07, 6.45) is 1.28. The molecule has 1 aromatic rings. The molecule has 13 heavy (non-hydrogen) atoms. The zero-order valence-electron chi connectivity index (χ0n) is 6.80. The Bertz CT molecular complexity index is 303. The number of alkyl halides is 1. The molecule has 0 spiro atoms. The standard InChI is InChI=1S/C9H8Cl2OS/c10-4-3-7(6-12)9(11)8-2-1-5-13-8/h1-2,5-6H,3-4H2/b9-7-. The van der Waals surface area contributed by atoms with Crippen molar-refractivity contribution in [1.29, 1.82) is 0 Å². The second-order valence-corrected chi connectivity index (χ2v) is 4.08. The number of halogens is 2. The third-order valence-electron chi connectivity index (χ3n) is 1.53. The van der Waals surface area contributed by atoms with Crippen molar-refractivity contribution in [2.24, 2.45) is 0 Å². The molecule has 0 radical (unpaired) electrons. The average Bonchev–Trinajstić information content (AvgIpc) is 2.65. The molecular formula is C9H8Cl2OS. The van der Waals surface area contributed by atoms with Gasteiger partial charge in [-0.3, -0.25) is 4.79 Å². The molecule has 1 aromatic heterocycles. The number of thiophene rings is 1. The van der Waals surface area contributed by atoms with E-state index in [1.807, 2.05) is 17.5 Å². The van der Waals surface area contributed by atoms with Gasteiger partial charge in [0.05, 0.1) is 5.03 Å². The number of carbonyl (C=O) groups is 1. The Kier molecular flexibility index (Phi) is 4.50. The van der Waals surface area contributed by atoms with Gasteiger partial charge in [-0.1, -0.05) is 17.7 Å². The van der Waals surface area contributed by atoms with Gasteiger partial charge in [0.1, 0.15) is 6.29 Å². The molecule has 0 aliphatic heterocycles. The molecule has 0 saturated carbocycles. The quantitative estimate of drug-likeness (QED) is 0.443. The van der Waals surface area contributed by atoms with E-state index >= 15 is 0 Å². The van der Waals surface area contributed by atoms with Crippen molar-refractivity contribution in [2.45, 2.75) is 6.42 Å². The summed E-state index contributed by atoms with van der Waals surface area (Å²) in [6.45, 7) is 0. The van der Waals surface area contributed by atoms with Crippen LogP contribution in [0, 0.1) is 0 Å². The number of hydrogen-bond acceptors (Lipinski definition) is 2. The molecule has 1 heterocycles. The average molecular weight is 235 g/mol. The SMILES string of the molecule is O=C/C(CCCl)=C(\Cl)c1cccs1. The van der Waals surface area contributed by atoms with Crippen LogP contribution >= 0.6 is 34.5 Å². The minimum Gasteiger partial charge on any atom is -0.298 e. The summed E-state index contributed by atoms with van der Waals surface area (Å²) in [6, 6.07) is 3.77. The van der Waals surface area contributed by atoms with E-state index < -0.39 is 0 Å². The summed E-state index contributed by atoms with van der Waals surface area (Å²) >= 11 is 13.0. The van der Waals surface area contributed by atoms with E-state index in [1.54, 1.807) is 0 Å². The third-order valence-corrected chi connectivity index (χ3v) is 3.16. The molecule has 0 fully saturated rings. The molecular weight excluding hydrogens is 227 g/mol. The van der Waals surface area contributed by atoms with Gasteiger partial charge < -0.3 is 0 Å². The van der Waals surface area contributed by atoms with Gasteiger partial charge in [-0.25, -0.2) is 0 Å². The number of allylic oxidation sites excluding steroid dienone is 1. The minimum atomic E-state index is 0.412. The zero-order valence-corrected chi connectivity index (χ0v) is 9.12. The lowest BCUT2D eigenvalue weighted by Gasteiger charge is -1.99. The minimum absolute atomic E-state index is 0.412. The maximum atomic E-state index is 10.6. The van der Waals surface area contributed by atoms with E-state index in [4.69, 9.17) is 23.2 Å². The van der Waals surface area contributed by atoms with Gasteiger partial charge in [0.2, 0.25) is 0 Å². The molecule has 0 unspecified atom stereocenters. The second kappa shape index (κ2) is 5.43. The zero-order chi connectivity index (χ0) is 9.68. The third kappa shape index (κ3) is 2.83. The molecule has 1 nitrogen and oxygen atoms in total. The fraction of sp³-hybridized carbons (Fsp3) is 0.222.